The van der Waals surface area contributed by atoms with E-state index in [1.54, 1.807) is 0 Å². The quantitative estimate of drug-likeness (QED) is 0.660. The van der Waals surface area contributed by atoms with Gasteiger partial charge in [-0.2, -0.15) is 0 Å². The SMILES string of the molecule is COC(=O)Cc1ccc(NC(=S)N2CCN(c3ccccc3)CC2)cc1. The number of ether oxygens (including phenoxy) is 1. The highest BCUT2D eigenvalue weighted by Gasteiger charge is 2.19. The van der Waals surface area contributed by atoms with E-state index in [0.717, 1.165) is 42.5 Å². The number of hydrogen-bond acceptors (Lipinski definition) is 4. The van der Waals surface area contributed by atoms with Crippen molar-refractivity contribution in [3.63, 3.8) is 0 Å². The number of methoxy groups -OCH3 is 1. The van der Waals surface area contributed by atoms with E-state index in [-0.39, 0.29) is 12.4 Å². The predicted octanol–water partition coefficient (Wildman–Crippen LogP) is 2.92. The van der Waals surface area contributed by atoms with Crippen molar-refractivity contribution in [2.24, 2.45) is 0 Å². The van der Waals surface area contributed by atoms with Crippen molar-refractivity contribution in [2.75, 3.05) is 43.5 Å². The monoisotopic (exact) mass is 369 g/mol. The number of carbonyl (C=O) groups is 1. The van der Waals surface area contributed by atoms with Crippen LogP contribution in [-0.2, 0) is 16.0 Å². The summed E-state index contributed by atoms with van der Waals surface area (Å²) in [5, 5.41) is 4.02. The van der Waals surface area contributed by atoms with E-state index in [2.05, 4.69) is 44.1 Å². The Hall–Kier alpha value is -2.60. The van der Waals surface area contributed by atoms with Crippen molar-refractivity contribution in [3.05, 3.63) is 60.2 Å². The zero-order valence-corrected chi connectivity index (χ0v) is 15.7. The average Bonchev–Trinajstić information content (AvgIpc) is 2.70. The van der Waals surface area contributed by atoms with E-state index in [1.165, 1.54) is 12.8 Å². The number of nitrogens with zero attached hydrogens (tertiary/aromatic N) is 2. The Labute approximate surface area is 159 Å². The van der Waals surface area contributed by atoms with Gasteiger partial charge in [-0.15, -0.1) is 0 Å². The Morgan fingerprint density at radius 2 is 1.69 bits per heavy atom. The van der Waals surface area contributed by atoms with Crippen LogP contribution >= 0.6 is 12.2 Å². The first-order valence-corrected chi connectivity index (χ1v) is 9.08. The maximum absolute atomic E-state index is 11.3. The second kappa shape index (κ2) is 8.67. The van der Waals surface area contributed by atoms with Gasteiger partial charge in [0.25, 0.3) is 0 Å². The normalized spacial score (nSPS) is 14.0. The highest BCUT2D eigenvalue weighted by atomic mass is 32.1. The van der Waals surface area contributed by atoms with Crippen LogP contribution in [0.15, 0.2) is 54.6 Å². The van der Waals surface area contributed by atoms with Gasteiger partial charge in [-0.05, 0) is 42.0 Å². The standard InChI is InChI=1S/C20H23N3O2S/c1-25-19(24)15-16-7-9-17(10-8-16)21-20(26)23-13-11-22(12-14-23)18-5-3-2-4-6-18/h2-10H,11-15H2,1H3,(H,21,26). The summed E-state index contributed by atoms with van der Waals surface area (Å²) in [4.78, 5) is 15.9. The van der Waals surface area contributed by atoms with Gasteiger partial charge in [-0.1, -0.05) is 30.3 Å². The minimum Gasteiger partial charge on any atom is -0.469 e. The van der Waals surface area contributed by atoms with Gasteiger partial charge in [-0.3, -0.25) is 4.79 Å². The molecule has 2 aromatic rings. The van der Waals surface area contributed by atoms with Crippen molar-refractivity contribution in [1.82, 2.24) is 4.90 Å². The first-order valence-electron chi connectivity index (χ1n) is 8.67. The molecule has 1 saturated heterocycles. The molecular formula is C20H23N3O2S. The van der Waals surface area contributed by atoms with Crippen molar-refractivity contribution < 1.29 is 9.53 Å². The third kappa shape index (κ3) is 4.73. The van der Waals surface area contributed by atoms with Crippen LogP contribution in [0.25, 0.3) is 0 Å². The molecule has 0 aromatic heterocycles. The molecule has 0 aliphatic carbocycles. The lowest BCUT2D eigenvalue weighted by Crippen LogP contribution is -2.50. The molecular weight excluding hydrogens is 346 g/mol. The molecule has 6 heteroatoms. The van der Waals surface area contributed by atoms with Crippen LogP contribution in [0.2, 0.25) is 0 Å². The highest BCUT2D eigenvalue weighted by Crippen LogP contribution is 2.17. The van der Waals surface area contributed by atoms with Crippen LogP contribution in [0.3, 0.4) is 0 Å². The fraction of sp³-hybridized carbons (Fsp3) is 0.300. The van der Waals surface area contributed by atoms with Crippen molar-refractivity contribution in [1.29, 1.82) is 0 Å². The van der Waals surface area contributed by atoms with Crippen LogP contribution in [0, 0.1) is 0 Å². The molecule has 1 heterocycles. The van der Waals surface area contributed by atoms with Crippen LogP contribution < -0.4 is 10.2 Å². The van der Waals surface area contributed by atoms with E-state index < -0.39 is 0 Å². The van der Waals surface area contributed by atoms with E-state index in [4.69, 9.17) is 12.2 Å². The smallest absolute Gasteiger partial charge is 0.309 e. The van der Waals surface area contributed by atoms with Gasteiger partial charge >= 0.3 is 5.97 Å². The zero-order chi connectivity index (χ0) is 18.4. The number of para-hydroxylation sites is 1. The van der Waals surface area contributed by atoms with E-state index in [1.807, 2.05) is 30.3 Å². The van der Waals surface area contributed by atoms with Crippen LogP contribution in [0.4, 0.5) is 11.4 Å². The Balaban J connectivity index is 1.50. The molecule has 1 fully saturated rings. The summed E-state index contributed by atoms with van der Waals surface area (Å²) in [5.41, 5.74) is 3.10. The molecule has 0 atom stereocenters. The maximum Gasteiger partial charge on any atom is 0.309 e. The second-order valence-corrected chi connectivity index (χ2v) is 6.58. The third-order valence-corrected chi connectivity index (χ3v) is 4.83. The average molecular weight is 369 g/mol. The largest absolute Gasteiger partial charge is 0.469 e. The summed E-state index contributed by atoms with van der Waals surface area (Å²) >= 11 is 5.56. The fourth-order valence-electron chi connectivity index (χ4n) is 2.95. The lowest BCUT2D eigenvalue weighted by atomic mass is 10.1. The summed E-state index contributed by atoms with van der Waals surface area (Å²) in [5.74, 6) is -0.238. The molecule has 1 aliphatic heterocycles. The van der Waals surface area contributed by atoms with E-state index >= 15 is 0 Å². The van der Waals surface area contributed by atoms with Gasteiger partial charge < -0.3 is 19.9 Å². The number of hydrogen-bond donors (Lipinski definition) is 1. The van der Waals surface area contributed by atoms with Gasteiger partial charge in [0.15, 0.2) is 5.11 Å². The third-order valence-electron chi connectivity index (χ3n) is 4.47. The molecule has 0 spiro atoms. The number of carbonyl (C=O) groups excluding carboxylic acids is 1. The first kappa shape index (κ1) is 18.2. The number of rotatable bonds is 4. The lowest BCUT2D eigenvalue weighted by Gasteiger charge is -2.37. The summed E-state index contributed by atoms with van der Waals surface area (Å²) < 4.78 is 4.68. The van der Waals surface area contributed by atoms with Gasteiger partial charge in [-0.25, -0.2) is 0 Å². The number of piperazine rings is 1. The van der Waals surface area contributed by atoms with Gasteiger partial charge in [0, 0.05) is 37.6 Å². The molecule has 1 N–H and O–H groups in total. The molecule has 1 aliphatic rings. The van der Waals surface area contributed by atoms with Gasteiger partial charge in [0.1, 0.15) is 0 Å². The fourth-order valence-corrected chi connectivity index (χ4v) is 3.25. The summed E-state index contributed by atoms with van der Waals surface area (Å²) in [6.07, 6.45) is 0.280. The minimum absolute atomic E-state index is 0.238. The Morgan fingerprint density at radius 3 is 2.31 bits per heavy atom. The molecule has 2 aromatic carbocycles. The molecule has 0 unspecified atom stereocenters. The Bertz CT molecular complexity index is 741. The molecule has 0 saturated carbocycles. The van der Waals surface area contributed by atoms with Gasteiger partial charge in [0.2, 0.25) is 0 Å². The Kier molecular flexibility index (Phi) is 6.07. The number of benzene rings is 2. The first-order chi connectivity index (χ1) is 12.7. The summed E-state index contributed by atoms with van der Waals surface area (Å²) in [7, 11) is 1.40. The van der Waals surface area contributed by atoms with Crippen LogP contribution in [0.5, 0.6) is 0 Å². The van der Waals surface area contributed by atoms with Gasteiger partial charge in [0.05, 0.1) is 13.5 Å². The Morgan fingerprint density at radius 1 is 1.04 bits per heavy atom. The second-order valence-electron chi connectivity index (χ2n) is 6.19. The highest BCUT2D eigenvalue weighted by molar-refractivity contribution is 7.80. The molecule has 0 amide bonds. The van der Waals surface area contributed by atoms with Crippen LogP contribution in [-0.4, -0.2) is 49.3 Å². The topological polar surface area (TPSA) is 44.8 Å². The molecule has 0 bridgehead atoms. The summed E-state index contributed by atoms with van der Waals surface area (Å²) in [6.45, 7) is 3.68. The van der Waals surface area contributed by atoms with E-state index in [9.17, 15) is 4.79 Å². The van der Waals surface area contributed by atoms with Crippen molar-refractivity contribution >= 4 is 34.7 Å². The number of esters is 1. The number of thiocarbonyl (C=S) groups is 1. The summed E-state index contributed by atoms with van der Waals surface area (Å²) in [6, 6.07) is 18.1. The molecule has 0 radical (unpaired) electrons. The molecule has 26 heavy (non-hydrogen) atoms. The van der Waals surface area contributed by atoms with Crippen molar-refractivity contribution in [3.8, 4) is 0 Å². The molecule has 3 rings (SSSR count). The molecule has 136 valence electrons. The number of anilines is 2. The number of nitrogens with one attached hydrogen (secondary N) is 1. The predicted molar refractivity (Wildman–Crippen MR) is 109 cm³/mol. The lowest BCUT2D eigenvalue weighted by molar-refractivity contribution is -0.139. The minimum atomic E-state index is -0.238. The molecule has 5 nitrogen and oxygen atoms in total. The van der Waals surface area contributed by atoms with Crippen LogP contribution in [0.1, 0.15) is 5.56 Å². The maximum atomic E-state index is 11.3. The van der Waals surface area contributed by atoms with E-state index in [0.29, 0.717) is 0 Å². The van der Waals surface area contributed by atoms with Crippen molar-refractivity contribution in [2.45, 2.75) is 6.42 Å². The zero-order valence-electron chi connectivity index (χ0n) is 14.9.